The van der Waals surface area contributed by atoms with Gasteiger partial charge in [-0.15, -0.1) is 0 Å². The van der Waals surface area contributed by atoms with Crippen LogP contribution in [0.1, 0.15) is 54.4 Å². The van der Waals surface area contributed by atoms with Crippen LogP contribution in [-0.4, -0.2) is 28.8 Å². The standard InChI is InChI=1S/C31H34Cl2N2O2/c1-22-12-14-24(15-13-22)21-35(30(36)20-25-16-17-27(32)28(33)18-25)29(19-23-8-4-2-5-9-23)31(37)34-26-10-6-3-7-11-26/h2,4-5,8-9,12-18,26,29H,3,6-7,10-11,19-21H2,1H3,(H,34,37)/t29-/m0/s1. The van der Waals surface area contributed by atoms with Gasteiger partial charge in [0.15, 0.2) is 0 Å². The van der Waals surface area contributed by atoms with Gasteiger partial charge in [0.1, 0.15) is 6.04 Å². The third kappa shape index (κ3) is 7.83. The minimum atomic E-state index is -0.638. The number of hydrogen-bond acceptors (Lipinski definition) is 2. The number of nitrogens with one attached hydrogen (secondary N) is 1. The van der Waals surface area contributed by atoms with Crippen molar-refractivity contribution < 1.29 is 9.59 Å². The predicted molar refractivity (Wildman–Crippen MR) is 151 cm³/mol. The number of nitrogens with zero attached hydrogens (tertiary/aromatic N) is 1. The average molecular weight is 538 g/mol. The molecule has 0 heterocycles. The third-order valence-electron chi connectivity index (χ3n) is 7.04. The van der Waals surface area contributed by atoms with Crippen LogP contribution in [0.25, 0.3) is 0 Å². The van der Waals surface area contributed by atoms with Crippen molar-refractivity contribution in [2.24, 2.45) is 0 Å². The molecule has 0 unspecified atom stereocenters. The molecule has 0 aromatic heterocycles. The molecule has 3 aromatic rings. The monoisotopic (exact) mass is 536 g/mol. The zero-order valence-corrected chi connectivity index (χ0v) is 22.8. The van der Waals surface area contributed by atoms with Crippen molar-refractivity contribution in [2.45, 2.75) is 70.5 Å². The molecule has 1 saturated carbocycles. The lowest BCUT2D eigenvalue weighted by molar-refractivity contribution is -0.141. The summed E-state index contributed by atoms with van der Waals surface area (Å²) >= 11 is 12.3. The summed E-state index contributed by atoms with van der Waals surface area (Å²) in [7, 11) is 0. The molecule has 0 bridgehead atoms. The first-order valence-corrected chi connectivity index (χ1v) is 13.8. The summed E-state index contributed by atoms with van der Waals surface area (Å²) in [5, 5.41) is 4.14. The van der Waals surface area contributed by atoms with Crippen LogP contribution in [0.2, 0.25) is 10.0 Å². The van der Waals surface area contributed by atoms with Crippen molar-refractivity contribution >= 4 is 35.0 Å². The maximum absolute atomic E-state index is 13.9. The Balaban J connectivity index is 1.65. The molecule has 2 amide bonds. The van der Waals surface area contributed by atoms with Gasteiger partial charge in [0.05, 0.1) is 16.5 Å². The van der Waals surface area contributed by atoms with Crippen molar-refractivity contribution in [3.05, 3.63) is 105 Å². The van der Waals surface area contributed by atoms with Gasteiger partial charge in [0.25, 0.3) is 0 Å². The second-order valence-electron chi connectivity index (χ2n) is 9.98. The average Bonchev–Trinajstić information content (AvgIpc) is 2.90. The van der Waals surface area contributed by atoms with Crippen molar-refractivity contribution in [3.8, 4) is 0 Å². The highest BCUT2D eigenvalue weighted by Gasteiger charge is 2.32. The van der Waals surface area contributed by atoms with E-state index in [0.717, 1.165) is 47.9 Å². The van der Waals surface area contributed by atoms with E-state index in [9.17, 15) is 9.59 Å². The summed E-state index contributed by atoms with van der Waals surface area (Å²) in [5.74, 6) is -0.218. The Bertz CT molecular complexity index is 1190. The highest BCUT2D eigenvalue weighted by Crippen LogP contribution is 2.24. The molecule has 0 spiro atoms. The van der Waals surface area contributed by atoms with E-state index in [1.165, 1.54) is 6.42 Å². The molecular weight excluding hydrogens is 503 g/mol. The Labute approximate surface area is 230 Å². The molecule has 4 nitrogen and oxygen atoms in total. The lowest BCUT2D eigenvalue weighted by atomic mass is 9.94. The number of amides is 2. The molecule has 6 heteroatoms. The van der Waals surface area contributed by atoms with Crippen molar-refractivity contribution in [1.82, 2.24) is 10.2 Å². The molecule has 0 saturated heterocycles. The Hall–Kier alpha value is -2.82. The van der Waals surface area contributed by atoms with Gasteiger partial charge in [-0.05, 0) is 48.6 Å². The quantitative estimate of drug-likeness (QED) is 0.322. The fourth-order valence-corrected chi connectivity index (χ4v) is 5.23. The minimum Gasteiger partial charge on any atom is -0.352 e. The van der Waals surface area contributed by atoms with Gasteiger partial charge in [0.2, 0.25) is 11.8 Å². The number of aryl methyl sites for hydroxylation is 1. The van der Waals surface area contributed by atoms with E-state index in [-0.39, 0.29) is 24.3 Å². The molecule has 1 atom stereocenters. The zero-order chi connectivity index (χ0) is 26.2. The SMILES string of the molecule is Cc1ccc(CN(C(=O)Cc2ccc(Cl)c(Cl)c2)[C@@H](Cc2ccccc2)C(=O)NC2CCCCC2)cc1. The number of hydrogen-bond donors (Lipinski definition) is 1. The van der Waals surface area contributed by atoms with Crippen LogP contribution in [0.15, 0.2) is 72.8 Å². The molecule has 194 valence electrons. The maximum Gasteiger partial charge on any atom is 0.243 e. The Kier molecular flexibility index (Phi) is 9.65. The van der Waals surface area contributed by atoms with E-state index in [1.54, 1.807) is 17.0 Å². The molecule has 0 aliphatic heterocycles. The van der Waals surface area contributed by atoms with Crippen LogP contribution >= 0.6 is 23.2 Å². The van der Waals surface area contributed by atoms with E-state index < -0.39 is 6.04 Å². The van der Waals surface area contributed by atoms with E-state index in [2.05, 4.69) is 5.32 Å². The van der Waals surface area contributed by atoms with Gasteiger partial charge in [-0.3, -0.25) is 9.59 Å². The smallest absolute Gasteiger partial charge is 0.243 e. The van der Waals surface area contributed by atoms with Crippen LogP contribution in [0.4, 0.5) is 0 Å². The van der Waals surface area contributed by atoms with Gasteiger partial charge in [-0.1, -0.05) is 109 Å². The second-order valence-corrected chi connectivity index (χ2v) is 10.8. The van der Waals surface area contributed by atoms with Gasteiger partial charge >= 0.3 is 0 Å². The van der Waals surface area contributed by atoms with E-state index in [0.29, 0.717) is 23.0 Å². The van der Waals surface area contributed by atoms with Crippen LogP contribution in [-0.2, 0) is 29.0 Å². The third-order valence-corrected chi connectivity index (χ3v) is 7.77. The fourth-order valence-electron chi connectivity index (χ4n) is 4.91. The second kappa shape index (κ2) is 13.1. The fraction of sp³-hybridized carbons (Fsp3) is 0.355. The lowest BCUT2D eigenvalue weighted by Gasteiger charge is -2.33. The first kappa shape index (κ1) is 27.2. The van der Waals surface area contributed by atoms with Gasteiger partial charge in [-0.2, -0.15) is 0 Å². The lowest BCUT2D eigenvalue weighted by Crippen LogP contribution is -2.53. The molecule has 1 aliphatic carbocycles. The molecule has 1 aliphatic rings. The summed E-state index contributed by atoms with van der Waals surface area (Å²) in [6.07, 6.45) is 6.00. The number of benzene rings is 3. The number of carbonyl (C=O) groups is 2. The van der Waals surface area contributed by atoms with Crippen molar-refractivity contribution in [1.29, 1.82) is 0 Å². The zero-order valence-electron chi connectivity index (χ0n) is 21.3. The first-order chi connectivity index (χ1) is 17.9. The maximum atomic E-state index is 13.9. The van der Waals surface area contributed by atoms with Crippen LogP contribution in [0.3, 0.4) is 0 Å². The van der Waals surface area contributed by atoms with Crippen molar-refractivity contribution in [2.75, 3.05) is 0 Å². The Morgan fingerprint density at radius 1 is 0.865 bits per heavy atom. The van der Waals surface area contributed by atoms with Gasteiger partial charge in [0, 0.05) is 19.0 Å². The van der Waals surface area contributed by atoms with Gasteiger partial charge in [-0.25, -0.2) is 0 Å². The highest BCUT2D eigenvalue weighted by molar-refractivity contribution is 6.42. The van der Waals surface area contributed by atoms with E-state index in [1.807, 2.05) is 67.6 Å². The summed E-state index contributed by atoms with van der Waals surface area (Å²) in [6.45, 7) is 2.38. The molecule has 1 fully saturated rings. The Morgan fingerprint density at radius 2 is 1.54 bits per heavy atom. The first-order valence-electron chi connectivity index (χ1n) is 13.0. The summed E-state index contributed by atoms with van der Waals surface area (Å²) < 4.78 is 0. The topological polar surface area (TPSA) is 49.4 Å². The van der Waals surface area contributed by atoms with Crippen LogP contribution in [0, 0.1) is 6.92 Å². The minimum absolute atomic E-state index is 0.0923. The molecular formula is C31H34Cl2N2O2. The molecule has 4 rings (SSSR count). The largest absolute Gasteiger partial charge is 0.352 e. The van der Waals surface area contributed by atoms with E-state index in [4.69, 9.17) is 23.2 Å². The predicted octanol–water partition coefficient (Wildman–Crippen LogP) is 6.93. The van der Waals surface area contributed by atoms with Gasteiger partial charge < -0.3 is 10.2 Å². The molecule has 1 N–H and O–H groups in total. The normalized spacial score (nSPS) is 14.7. The van der Waals surface area contributed by atoms with Crippen LogP contribution < -0.4 is 5.32 Å². The summed E-state index contributed by atoms with van der Waals surface area (Å²) in [6, 6.07) is 22.8. The molecule has 0 radical (unpaired) electrons. The summed E-state index contributed by atoms with van der Waals surface area (Å²) in [4.78, 5) is 29.4. The van der Waals surface area contributed by atoms with E-state index >= 15 is 0 Å². The molecule has 3 aromatic carbocycles. The Morgan fingerprint density at radius 3 is 2.22 bits per heavy atom. The number of rotatable bonds is 9. The summed E-state index contributed by atoms with van der Waals surface area (Å²) in [5.41, 5.74) is 3.91. The number of carbonyl (C=O) groups excluding carboxylic acids is 2. The van der Waals surface area contributed by atoms with Crippen LogP contribution in [0.5, 0.6) is 0 Å². The number of halogens is 2. The highest BCUT2D eigenvalue weighted by atomic mass is 35.5. The molecule has 37 heavy (non-hydrogen) atoms. The van der Waals surface area contributed by atoms with Crippen molar-refractivity contribution in [3.63, 3.8) is 0 Å².